The maximum absolute atomic E-state index is 9.57. The molecule has 0 bridgehead atoms. The van der Waals surface area contributed by atoms with Gasteiger partial charge in [-0.3, -0.25) is 14.8 Å². The molecule has 5 nitrogen and oxygen atoms in total. The minimum absolute atomic E-state index is 0.204. The average Bonchev–Trinajstić information content (AvgIpc) is 2.69. The van der Waals surface area contributed by atoms with Gasteiger partial charge in [0.2, 0.25) is 0 Å². The van der Waals surface area contributed by atoms with Crippen LogP contribution in [-0.2, 0) is 13.1 Å². The van der Waals surface area contributed by atoms with Crippen LogP contribution in [0.2, 0.25) is 0 Å². The molecule has 5 heteroatoms. The number of benzene rings is 1. The van der Waals surface area contributed by atoms with Gasteiger partial charge in [0.25, 0.3) is 0 Å². The van der Waals surface area contributed by atoms with E-state index in [-0.39, 0.29) is 6.61 Å². The number of aliphatic hydroxyl groups excluding tert-OH is 1. The Labute approximate surface area is 168 Å². The molecule has 28 heavy (non-hydrogen) atoms. The number of aromatic nitrogens is 1. The second-order valence-corrected chi connectivity index (χ2v) is 7.35. The fraction of sp³-hybridized carbons (Fsp3) is 0.435. The Morgan fingerprint density at radius 3 is 2.82 bits per heavy atom. The summed E-state index contributed by atoms with van der Waals surface area (Å²) < 4.78 is 5.81. The van der Waals surface area contributed by atoms with E-state index in [1.807, 2.05) is 25.1 Å². The zero-order chi connectivity index (χ0) is 19.8. The topological polar surface area (TPSA) is 48.8 Å². The predicted molar refractivity (Wildman–Crippen MR) is 112 cm³/mol. The summed E-state index contributed by atoms with van der Waals surface area (Å²) in [5.41, 5.74) is 3.34. The van der Waals surface area contributed by atoms with Crippen LogP contribution < -0.4 is 4.74 Å². The fourth-order valence-corrected chi connectivity index (χ4v) is 3.79. The highest BCUT2D eigenvalue weighted by molar-refractivity contribution is 5.33. The molecule has 150 valence electrons. The fourth-order valence-electron chi connectivity index (χ4n) is 3.79. The summed E-state index contributed by atoms with van der Waals surface area (Å²) in [7, 11) is 0. The second-order valence-electron chi connectivity index (χ2n) is 7.35. The largest absolute Gasteiger partial charge is 0.489 e. The Kier molecular flexibility index (Phi) is 7.60. The van der Waals surface area contributed by atoms with Crippen molar-refractivity contribution in [3.05, 3.63) is 72.1 Å². The number of hydrogen-bond donors (Lipinski definition) is 1. The number of para-hydroxylation sites is 1. The van der Waals surface area contributed by atoms with Crippen molar-refractivity contribution in [1.29, 1.82) is 0 Å². The Morgan fingerprint density at radius 2 is 2.04 bits per heavy atom. The number of hydrogen-bond acceptors (Lipinski definition) is 5. The Balaban J connectivity index is 1.64. The lowest BCUT2D eigenvalue weighted by atomic mass is 10.1. The quantitative estimate of drug-likeness (QED) is 0.677. The van der Waals surface area contributed by atoms with Gasteiger partial charge in [-0.15, -0.1) is 0 Å². The van der Waals surface area contributed by atoms with E-state index in [1.54, 1.807) is 6.08 Å². The monoisotopic (exact) mass is 381 g/mol. The van der Waals surface area contributed by atoms with Crippen LogP contribution in [0.5, 0.6) is 5.75 Å². The molecule has 1 N–H and O–H groups in total. The maximum Gasteiger partial charge on any atom is 0.124 e. The van der Waals surface area contributed by atoms with Crippen molar-refractivity contribution in [2.45, 2.75) is 32.5 Å². The van der Waals surface area contributed by atoms with Crippen LogP contribution in [0.1, 0.15) is 23.4 Å². The van der Waals surface area contributed by atoms with E-state index in [1.165, 1.54) is 5.56 Å². The highest BCUT2D eigenvalue weighted by Crippen LogP contribution is 2.23. The molecule has 0 amide bonds. The van der Waals surface area contributed by atoms with Crippen molar-refractivity contribution in [3.8, 4) is 5.75 Å². The zero-order valence-electron chi connectivity index (χ0n) is 16.8. The molecule has 2 aromatic rings. The molecule has 1 fully saturated rings. The van der Waals surface area contributed by atoms with Crippen LogP contribution in [0.15, 0.2) is 55.1 Å². The number of aliphatic hydroxyl groups is 1. The second kappa shape index (κ2) is 10.4. The van der Waals surface area contributed by atoms with Gasteiger partial charge in [0.1, 0.15) is 12.4 Å². The van der Waals surface area contributed by atoms with Gasteiger partial charge in [0, 0.05) is 56.6 Å². The molecule has 1 atom stereocenters. The van der Waals surface area contributed by atoms with E-state index in [0.717, 1.165) is 56.3 Å². The first-order chi connectivity index (χ1) is 13.7. The Bertz CT molecular complexity index is 765. The van der Waals surface area contributed by atoms with E-state index in [2.05, 4.69) is 45.6 Å². The molecule has 1 aliphatic heterocycles. The van der Waals surface area contributed by atoms with Gasteiger partial charge in [-0.05, 0) is 31.5 Å². The highest BCUT2D eigenvalue weighted by atomic mass is 16.5. The standard InChI is InChI=1S/C23H31N3O2/c1-3-15-28-23-10-5-4-8-20(23)16-25-12-13-26(22(18-25)11-14-27)17-21-9-6-7-19(2)24-21/h3-10,22,27H,1,11-18H2,2H3/t22-/m0/s1. The van der Waals surface area contributed by atoms with Gasteiger partial charge < -0.3 is 9.84 Å². The number of rotatable bonds is 9. The molecular weight excluding hydrogens is 350 g/mol. The Morgan fingerprint density at radius 1 is 1.18 bits per heavy atom. The number of ether oxygens (including phenoxy) is 1. The van der Waals surface area contributed by atoms with Crippen molar-refractivity contribution in [3.63, 3.8) is 0 Å². The van der Waals surface area contributed by atoms with E-state index in [4.69, 9.17) is 4.74 Å². The lowest BCUT2D eigenvalue weighted by Gasteiger charge is -2.41. The van der Waals surface area contributed by atoms with Crippen LogP contribution in [0.25, 0.3) is 0 Å². The van der Waals surface area contributed by atoms with Gasteiger partial charge in [-0.25, -0.2) is 0 Å². The molecular formula is C23H31N3O2. The van der Waals surface area contributed by atoms with E-state index in [0.29, 0.717) is 12.6 Å². The normalized spacial score (nSPS) is 18.1. The van der Waals surface area contributed by atoms with Crippen molar-refractivity contribution in [1.82, 2.24) is 14.8 Å². The van der Waals surface area contributed by atoms with Gasteiger partial charge in [-0.1, -0.05) is 36.9 Å². The first-order valence-electron chi connectivity index (χ1n) is 10.0. The smallest absolute Gasteiger partial charge is 0.124 e. The van der Waals surface area contributed by atoms with Crippen molar-refractivity contribution < 1.29 is 9.84 Å². The van der Waals surface area contributed by atoms with Crippen molar-refractivity contribution in [2.75, 3.05) is 32.8 Å². The van der Waals surface area contributed by atoms with Gasteiger partial charge in [0.15, 0.2) is 0 Å². The van der Waals surface area contributed by atoms with Gasteiger partial charge in [0.05, 0.1) is 5.69 Å². The van der Waals surface area contributed by atoms with Crippen LogP contribution in [0.4, 0.5) is 0 Å². The first-order valence-corrected chi connectivity index (χ1v) is 10.0. The minimum atomic E-state index is 0.204. The summed E-state index contributed by atoms with van der Waals surface area (Å²) in [6.07, 6.45) is 2.54. The maximum atomic E-state index is 9.57. The third-order valence-corrected chi connectivity index (χ3v) is 5.19. The van der Waals surface area contributed by atoms with Crippen LogP contribution in [0.3, 0.4) is 0 Å². The Hall–Kier alpha value is -2.21. The summed E-state index contributed by atoms with van der Waals surface area (Å²) in [6, 6.07) is 14.7. The van der Waals surface area contributed by atoms with E-state index >= 15 is 0 Å². The summed E-state index contributed by atoms with van der Waals surface area (Å²) in [5.74, 6) is 0.924. The summed E-state index contributed by atoms with van der Waals surface area (Å²) in [4.78, 5) is 9.55. The molecule has 0 saturated carbocycles. The highest BCUT2D eigenvalue weighted by Gasteiger charge is 2.27. The van der Waals surface area contributed by atoms with Gasteiger partial charge >= 0.3 is 0 Å². The lowest BCUT2D eigenvalue weighted by Crippen LogP contribution is -2.52. The molecule has 0 radical (unpaired) electrons. The van der Waals surface area contributed by atoms with Gasteiger partial charge in [-0.2, -0.15) is 0 Å². The van der Waals surface area contributed by atoms with E-state index in [9.17, 15) is 5.11 Å². The molecule has 0 unspecified atom stereocenters. The number of piperazine rings is 1. The van der Waals surface area contributed by atoms with E-state index < -0.39 is 0 Å². The molecule has 1 aliphatic rings. The average molecular weight is 382 g/mol. The SMILES string of the molecule is C=CCOc1ccccc1CN1CCN(Cc2cccc(C)n2)[C@@H](CCO)C1. The number of aryl methyl sites for hydroxylation is 1. The minimum Gasteiger partial charge on any atom is -0.489 e. The summed E-state index contributed by atoms with van der Waals surface area (Å²) in [6.45, 7) is 11.1. The number of nitrogens with zero attached hydrogens (tertiary/aromatic N) is 3. The molecule has 1 aromatic heterocycles. The molecule has 1 aromatic carbocycles. The van der Waals surface area contributed by atoms with Crippen LogP contribution in [-0.4, -0.2) is 58.8 Å². The summed E-state index contributed by atoms with van der Waals surface area (Å²) in [5, 5.41) is 9.57. The third kappa shape index (κ3) is 5.64. The zero-order valence-corrected chi connectivity index (χ0v) is 16.8. The molecule has 0 spiro atoms. The van der Waals surface area contributed by atoms with Crippen LogP contribution in [0, 0.1) is 6.92 Å². The predicted octanol–water partition coefficient (Wildman–Crippen LogP) is 3.02. The molecule has 3 rings (SSSR count). The summed E-state index contributed by atoms with van der Waals surface area (Å²) >= 11 is 0. The number of pyridine rings is 1. The third-order valence-electron chi connectivity index (χ3n) is 5.19. The van der Waals surface area contributed by atoms with Crippen LogP contribution >= 0.6 is 0 Å². The molecule has 1 saturated heterocycles. The first kappa shape index (κ1) is 20.5. The van der Waals surface area contributed by atoms with Crippen molar-refractivity contribution >= 4 is 0 Å². The van der Waals surface area contributed by atoms with Crippen molar-refractivity contribution in [2.24, 2.45) is 0 Å². The molecule has 2 heterocycles. The lowest BCUT2D eigenvalue weighted by molar-refractivity contribution is 0.0487. The molecule has 0 aliphatic carbocycles.